The lowest BCUT2D eigenvalue weighted by atomic mass is 9.76. The van der Waals surface area contributed by atoms with Crippen LogP contribution in [0.15, 0.2) is 48.6 Å². The zero-order valence-corrected chi connectivity index (χ0v) is 20.2. The van der Waals surface area contributed by atoms with E-state index in [9.17, 15) is 0 Å². The van der Waals surface area contributed by atoms with Crippen LogP contribution in [0, 0.1) is 11.7 Å². The lowest BCUT2D eigenvalue weighted by Gasteiger charge is -2.30. The van der Waals surface area contributed by atoms with Gasteiger partial charge in [-0.25, -0.2) is 4.39 Å². The fourth-order valence-corrected chi connectivity index (χ4v) is 6.05. The van der Waals surface area contributed by atoms with Crippen LogP contribution < -0.4 is 0 Å². The van der Waals surface area contributed by atoms with Gasteiger partial charge in [-0.3, -0.25) is 0 Å². The fourth-order valence-electron chi connectivity index (χ4n) is 6.05. The van der Waals surface area contributed by atoms with Gasteiger partial charge in [0.2, 0.25) is 0 Å². The van der Waals surface area contributed by atoms with Gasteiger partial charge in [0, 0.05) is 0 Å². The molecule has 2 aromatic carbocycles. The summed E-state index contributed by atoms with van der Waals surface area (Å²) in [5.41, 5.74) is 6.51. The van der Waals surface area contributed by atoms with Crippen LogP contribution in [0.4, 0.5) is 4.39 Å². The molecule has 0 N–H and O–H groups in total. The number of allylic oxidation sites excluding steroid dienone is 2. The van der Waals surface area contributed by atoms with Crippen LogP contribution >= 0.6 is 0 Å². The van der Waals surface area contributed by atoms with E-state index in [1.54, 1.807) is 0 Å². The number of hydrogen-bond donors (Lipinski definition) is 0. The van der Waals surface area contributed by atoms with E-state index in [0.29, 0.717) is 11.8 Å². The van der Waals surface area contributed by atoms with Crippen molar-refractivity contribution in [1.82, 2.24) is 0 Å². The molecule has 1 atom stereocenters. The fraction of sp³-hybridized carbons (Fsp3) is 0.548. The minimum absolute atomic E-state index is 0.0343. The summed E-state index contributed by atoms with van der Waals surface area (Å²) in [4.78, 5) is 0. The molecular weight excluding hydrogens is 391 g/mol. The molecule has 2 aliphatic rings. The molecule has 1 heteroatoms. The summed E-state index contributed by atoms with van der Waals surface area (Å²) in [5, 5.41) is 0. The Hall–Kier alpha value is -1.89. The molecule has 0 saturated heterocycles. The van der Waals surface area contributed by atoms with E-state index in [2.05, 4.69) is 56.3 Å². The first kappa shape index (κ1) is 23.3. The smallest absolute Gasteiger partial charge is 0.126 e. The van der Waals surface area contributed by atoms with E-state index in [1.165, 1.54) is 67.2 Å². The maximum atomic E-state index is 15.2. The van der Waals surface area contributed by atoms with Crippen LogP contribution in [0.1, 0.15) is 111 Å². The molecule has 2 aromatic rings. The van der Waals surface area contributed by atoms with Crippen LogP contribution in [0.2, 0.25) is 0 Å². The third-order valence-electron chi connectivity index (χ3n) is 8.08. The highest BCUT2D eigenvalue weighted by molar-refractivity contribution is 5.38. The molecule has 0 heterocycles. The quantitative estimate of drug-likeness (QED) is 0.365. The highest BCUT2D eigenvalue weighted by Gasteiger charge is 2.26. The summed E-state index contributed by atoms with van der Waals surface area (Å²) in [6.07, 6.45) is 18.9. The molecule has 32 heavy (non-hydrogen) atoms. The van der Waals surface area contributed by atoms with Crippen LogP contribution in [0.25, 0.3) is 0 Å². The summed E-state index contributed by atoms with van der Waals surface area (Å²) < 4.78 is 15.2. The standard InChI is InChI=1S/C31H41F/c1-3-5-7-9-24-12-15-27-21-29(17-16-26(27)20-24)30-19-18-28(22-31(30)32)25-13-10-23(11-14-25)8-6-4-2/h3,5,12,15,18-20,22-23,25,29H,4,6-11,13-14,16-17,21H2,1-2H3/b5-3+. The highest BCUT2D eigenvalue weighted by Crippen LogP contribution is 2.40. The highest BCUT2D eigenvalue weighted by atomic mass is 19.1. The number of benzene rings is 2. The van der Waals surface area contributed by atoms with Gasteiger partial charge >= 0.3 is 0 Å². The molecular formula is C31H41F. The Morgan fingerprint density at radius 2 is 1.78 bits per heavy atom. The Morgan fingerprint density at radius 3 is 2.53 bits per heavy atom. The van der Waals surface area contributed by atoms with Crippen molar-refractivity contribution >= 4 is 0 Å². The van der Waals surface area contributed by atoms with Gasteiger partial charge in [-0.1, -0.05) is 68.7 Å². The molecule has 0 spiro atoms. The first-order chi connectivity index (χ1) is 15.7. The second-order valence-corrected chi connectivity index (χ2v) is 10.3. The summed E-state index contributed by atoms with van der Waals surface area (Å²) in [6, 6.07) is 13.2. The van der Waals surface area contributed by atoms with Crippen molar-refractivity contribution in [2.45, 2.75) is 103 Å². The number of fused-ring (bicyclic) bond motifs is 1. The summed E-state index contributed by atoms with van der Waals surface area (Å²) in [5.74, 6) is 1.81. The average molecular weight is 433 g/mol. The van der Waals surface area contributed by atoms with Gasteiger partial charge in [0.1, 0.15) is 5.82 Å². The topological polar surface area (TPSA) is 0 Å². The lowest BCUT2D eigenvalue weighted by molar-refractivity contribution is 0.304. The van der Waals surface area contributed by atoms with Crippen LogP contribution in [0.5, 0.6) is 0 Å². The molecule has 2 aliphatic carbocycles. The van der Waals surface area contributed by atoms with Gasteiger partial charge < -0.3 is 0 Å². The van der Waals surface area contributed by atoms with Crippen molar-refractivity contribution in [3.05, 3.63) is 82.2 Å². The number of hydrogen-bond acceptors (Lipinski definition) is 0. The van der Waals surface area contributed by atoms with Crippen LogP contribution in [-0.2, 0) is 19.3 Å². The molecule has 4 rings (SSSR count). The van der Waals surface area contributed by atoms with Crippen molar-refractivity contribution in [3.8, 4) is 0 Å². The number of rotatable bonds is 8. The number of halogens is 1. The first-order valence-electron chi connectivity index (χ1n) is 13.2. The van der Waals surface area contributed by atoms with Crippen molar-refractivity contribution < 1.29 is 4.39 Å². The van der Waals surface area contributed by atoms with Gasteiger partial charge in [-0.2, -0.15) is 0 Å². The normalized spacial score (nSPS) is 23.4. The Bertz CT molecular complexity index is 901. The average Bonchev–Trinajstić information content (AvgIpc) is 2.83. The number of aryl methyl sites for hydroxylation is 2. The van der Waals surface area contributed by atoms with Crippen molar-refractivity contribution in [3.63, 3.8) is 0 Å². The van der Waals surface area contributed by atoms with E-state index in [0.717, 1.165) is 43.6 Å². The van der Waals surface area contributed by atoms with E-state index in [-0.39, 0.29) is 5.82 Å². The molecule has 0 nitrogen and oxygen atoms in total. The number of unbranched alkanes of at least 4 members (excludes halogenated alkanes) is 1. The Balaban J connectivity index is 1.38. The van der Waals surface area contributed by atoms with Crippen molar-refractivity contribution in [1.29, 1.82) is 0 Å². The Kier molecular flexibility index (Phi) is 8.22. The summed E-state index contributed by atoms with van der Waals surface area (Å²) in [7, 11) is 0. The van der Waals surface area contributed by atoms with Gasteiger partial charge in [-0.15, -0.1) is 0 Å². The van der Waals surface area contributed by atoms with E-state index < -0.39 is 0 Å². The van der Waals surface area contributed by atoms with Crippen LogP contribution in [0.3, 0.4) is 0 Å². The predicted octanol–water partition coefficient (Wildman–Crippen LogP) is 9.07. The molecule has 1 fully saturated rings. The molecule has 172 valence electrons. The van der Waals surface area contributed by atoms with Crippen molar-refractivity contribution in [2.75, 3.05) is 0 Å². The van der Waals surface area contributed by atoms with E-state index in [4.69, 9.17) is 0 Å². The zero-order valence-electron chi connectivity index (χ0n) is 20.2. The molecule has 1 saturated carbocycles. The molecule has 0 amide bonds. The molecule has 0 bridgehead atoms. The third-order valence-corrected chi connectivity index (χ3v) is 8.08. The van der Waals surface area contributed by atoms with E-state index in [1.807, 2.05) is 6.07 Å². The maximum Gasteiger partial charge on any atom is 0.126 e. The lowest BCUT2D eigenvalue weighted by Crippen LogP contribution is -2.16. The summed E-state index contributed by atoms with van der Waals surface area (Å²) >= 11 is 0. The Labute approximate surface area is 195 Å². The minimum Gasteiger partial charge on any atom is -0.207 e. The molecule has 0 aliphatic heterocycles. The maximum absolute atomic E-state index is 15.2. The largest absolute Gasteiger partial charge is 0.207 e. The first-order valence-corrected chi connectivity index (χ1v) is 13.2. The molecule has 0 radical (unpaired) electrons. The zero-order chi connectivity index (χ0) is 22.3. The Morgan fingerprint density at radius 1 is 0.938 bits per heavy atom. The predicted molar refractivity (Wildman–Crippen MR) is 135 cm³/mol. The van der Waals surface area contributed by atoms with Gasteiger partial charge in [0.25, 0.3) is 0 Å². The molecule has 0 aromatic heterocycles. The van der Waals surface area contributed by atoms with Crippen LogP contribution in [-0.4, -0.2) is 0 Å². The monoisotopic (exact) mass is 432 g/mol. The van der Waals surface area contributed by atoms with E-state index >= 15 is 4.39 Å². The van der Waals surface area contributed by atoms with Gasteiger partial charge in [-0.05, 0) is 116 Å². The van der Waals surface area contributed by atoms with Gasteiger partial charge in [0.15, 0.2) is 0 Å². The summed E-state index contributed by atoms with van der Waals surface area (Å²) in [6.45, 7) is 4.36. The van der Waals surface area contributed by atoms with Gasteiger partial charge in [0.05, 0.1) is 0 Å². The second kappa shape index (κ2) is 11.3. The SMILES string of the molecule is C/C=C/CCc1ccc2c(c1)CCC(c1ccc(C3CCC(CCCC)CC3)cc1F)C2. The third kappa shape index (κ3) is 5.72. The second-order valence-electron chi connectivity index (χ2n) is 10.3. The van der Waals surface area contributed by atoms with Crippen molar-refractivity contribution in [2.24, 2.45) is 5.92 Å². The minimum atomic E-state index is 0.0343. The molecule has 1 unspecified atom stereocenters.